The third-order valence-electron chi connectivity index (χ3n) is 6.16. The maximum absolute atomic E-state index is 12.9. The highest BCUT2D eigenvalue weighted by Crippen LogP contribution is 2.32. The van der Waals surface area contributed by atoms with Gasteiger partial charge in [-0.1, -0.05) is 0 Å². The van der Waals surface area contributed by atoms with Gasteiger partial charge in [0.2, 0.25) is 0 Å². The second-order valence-electron chi connectivity index (χ2n) is 8.28. The van der Waals surface area contributed by atoms with E-state index in [1.54, 1.807) is 40.8 Å². The minimum absolute atomic E-state index is 0.0491. The Labute approximate surface area is 184 Å². The van der Waals surface area contributed by atoms with E-state index < -0.39 is 0 Å². The molecule has 2 aliphatic rings. The Morgan fingerprint density at radius 1 is 1.29 bits per heavy atom. The number of amides is 1. The molecule has 1 N–H and O–H groups in total. The van der Waals surface area contributed by atoms with E-state index in [0.29, 0.717) is 30.6 Å². The van der Waals surface area contributed by atoms with E-state index in [1.165, 1.54) is 10.4 Å². The fourth-order valence-corrected chi connectivity index (χ4v) is 5.31. The second-order valence-corrected chi connectivity index (χ2v) is 9.40. The summed E-state index contributed by atoms with van der Waals surface area (Å²) >= 11 is 1.77. The Balaban J connectivity index is 1.39. The summed E-state index contributed by atoms with van der Waals surface area (Å²) < 4.78 is 0. The SMILES string of the molecule is Cc1cc(CN2CCCC2c2nc3c(c(=O)[nH]2)CCN(C(=O)c2ccncc2)C3)cs1. The topological polar surface area (TPSA) is 82.2 Å². The van der Waals surface area contributed by atoms with E-state index in [0.717, 1.165) is 37.4 Å². The van der Waals surface area contributed by atoms with Gasteiger partial charge in [0.1, 0.15) is 5.82 Å². The number of pyridine rings is 1. The highest BCUT2D eigenvalue weighted by Gasteiger charge is 2.31. The van der Waals surface area contributed by atoms with Gasteiger partial charge in [0, 0.05) is 41.5 Å². The first-order valence-corrected chi connectivity index (χ1v) is 11.6. The molecule has 0 saturated carbocycles. The van der Waals surface area contributed by atoms with Crippen LogP contribution in [-0.2, 0) is 19.5 Å². The Kier molecular flexibility index (Phi) is 5.41. The van der Waals surface area contributed by atoms with Crippen molar-refractivity contribution in [3.63, 3.8) is 0 Å². The molecule has 3 aromatic heterocycles. The number of hydrogen-bond acceptors (Lipinski definition) is 6. The summed E-state index contributed by atoms with van der Waals surface area (Å²) in [6.45, 7) is 4.86. The van der Waals surface area contributed by atoms with Crippen molar-refractivity contribution >= 4 is 17.2 Å². The van der Waals surface area contributed by atoms with Gasteiger partial charge in [-0.3, -0.25) is 19.5 Å². The molecule has 5 rings (SSSR count). The van der Waals surface area contributed by atoms with Crippen LogP contribution in [0.5, 0.6) is 0 Å². The number of aromatic amines is 1. The number of carbonyl (C=O) groups is 1. The Hall–Kier alpha value is -2.84. The first-order chi connectivity index (χ1) is 15.1. The number of nitrogens with one attached hydrogen (secondary N) is 1. The average Bonchev–Trinajstić information content (AvgIpc) is 3.42. The lowest BCUT2D eigenvalue weighted by Gasteiger charge is -2.29. The van der Waals surface area contributed by atoms with Crippen molar-refractivity contribution in [3.05, 3.63) is 79.4 Å². The normalized spacial score (nSPS) is 18.9. The van der Waals surface area contributed by atoms with Crippen molar-refractivity contribution in [2.75, 3.05) is 13.1 Å². The van der Waals surface area contributed by atoms with Crippen molar-refractivity contribution in [3.8, 4) is 0 Å². The first kappa shape index (κ1) is 20.1. The molecule has 2 aliphatic heterocycles. The number of likely N-dealkylation sites (tertiary alicyclic amines) is 1. The lowest BCUT2D eigenvalue weighted by Crippen LogP contribution is -2.40. The van der Waals surface area contributed by atoms with Crippen LogP contribution in [0.2, 0.25) is 0 Å². The van der Waals surface area contributed by atoms with Crippen LogP contribution in [0.1, 0.15) is 56.8 Å². The highest BCUT2D eigenvalue weighted by molar-refractivity contribution is 7.10. The molecule has 31 heavy (non-hydrogen) atoms. The summed E-state index contributed by atoms with van der Waals surface area (Å²) in [6, 6.07) is 5.77. The van der Waals surface area contributed by atoms with E-state index >= 15 is 0 Å². The van der Waals surface area contributed by atoms with Crippen molar-refractivity contribution < 1.29 is 4.79 Å². The predicted octanol–water partition coefficient (Wildman–Crippen LogP) is 3.07. The molecule has 7 nitrogen and oxygen atoms in total. The maximum atomic E-state index is 12.9. The van der Waals surface area contributed by atoms with Gasteiger partial charge in [-0.25, -0.2) is 4.98 Å². The van der Waals surface area contributed by atoms with Crippen LogP contribution in [0, 0.1) is 6.92 Å². The van der Waals surface area contributed by atoms with Gasteiger partial charge in [0.05, 0.1) is 18.3 Å². The average molecular weight is 436 g/mol. The fraction of sp³-hybridized carbons (Fsp3) is 0.391. The van der Waals surface area contributed by atoms with Crippen molar-refractivity contribution in [2.24, 2.45) is 0 Å². The molecule has 1 unspecified atom stereocenters. The highest BCUT2D eigenvalue weighted by atomic mass is 32.1. The van der Waals surface area contributed by atoms with Gasteiger partial charge in [0.15, 0.2) is 0 Å². The Bertz CT molecular complexity index is 1160. The van der Waals surface area contributed by atoms with Gasteiger partial charge in [-0.05, 0) is 61.9 Å². The lowest BCUT2D eigenvalue weighted by molar-refractivity contribution is 0.0730. The summed E-state index contributed by atoms with van der Waals surface area (Å²) in [5.74, 6) is 0.679. The molecule has 160 valence electrons. The molecule has 1 amide bonds. The molecule has 8 heteroatoms. The number of fused-ring (bicyclic) bond motifs is 1. The van der Waals surface area contributed by atoms with Crippen LogP contribution in [-0.4, -0.2) is 43.7 Å². The summed E-state index contributed by atoms with van der Waals surface area (Å²) in [7, 11) is 0. The van der Waals surface area contributed by atoms with Gasteiger partial charge >= 0.3 is 0 Å². The molecule has 1 fully saturated rings. The number of H-pyrrole nitrogens is 1. The quantitative estimate of drug-likeness (QED) is 0.681. The van der Waals surface area contributed by atoms with E-state index in [-0.39, 0.29) is 17.5 Å². The maximum Gasteiger partial charge on any atom is 0.254 e. The Morgan fingerprint density at radius 3 is 2.90 bits per heavy atom. The molecule has 5 heterocycles. The standard InChI is InChI=1S/C23H25N5O2S/c1-15-11-16(14-31-15)12-27-9-2-3-20(27)21-25-19-13-28(10-6-18(19)22(29)26-21)23(30)17-4-7-24-8-5-17/h4-5,7-8,11,14,20H,2-3,6,9-10,12-13H2,1H3,(H,25,26,29). The fourth-order valence-electron chi connectivity index (χ4n) is 4.61. The third kappa shape index (κ3) is 4.05. The third-order valence-corrected chi connectivity index (χ3v) is 7.07. The summed E-state index contributed by atoms with van der Waals surface area (Å²) in [5.41, 5.74) is 3.29. The zero-order valence-corrected chi connectivity index (χ0v) is 18.3. The van der Waals surface area contributed by atoms with E-state index in [2.05, 4.69) is 33.2 Å². The smallest absolute Gasteiger partial charge is 0.254 e. The number of rotatable bonds is 4. The van der Waals surface area contributed by atoms with Gasteiger partial charge in [-0.15, -0.1) is 11.3 Å². The van der Waals surface area contributed by atoms with Crippen LogP contribution < -0.4 is 5.56 Å². The van der Waals surface area contributed by atoms with Crippen molar-refractivity contribution in [2.45, 2.75) is 45.3 Å². The molecule has 1 atom stereocenters. The van der Waals surface area contributed by atoms with E-state index in [9.17, 15) is 9.59 Å². The number of aryl methyl sites for hydroxylation is 1. The Morgan fingerprint density at radius 2 is 2.13 bits per heavy atom. The largest absolute Gasteiger partial charge is 0.332 e. The molecule has 3 aromatic rings. The van der Waals surface area contributed by atoms with E-state index in [4.69, 9.17) is 4.98 Å². The van der Waals surface area contributed by atoms with Crippen molar-refractivity contribution in [1.82, 2.24) is 24.8 Å². The summed E-state index contributed by atoms with van der Waals surface area (Å²) in [5, 5.41) is 2.20. The monoisotopic (exact) mass is 435 g/mol. The number of carbonyl (C=O) groups excluding carboxylic acids is 1. The van der Waals surface area contributed by atoms with Gasteiger partial charge in [-0.2, -0.15) is 0 Å². The van der Waals surface area contributed by atoms with Crippen LogP contribution in [0.25, 0.3) is 0 Å². The number of nitrogens with zero attached hydrogens (tertiary/aromatic N) is 4. The van der Waals surface area contributed by atoms with Gasteiger partial charge < -0.3 is 9.88 Å². The number of hydrogen-bond donors (Lipinski definition) is 1. The van der Waals surface area contributed by atoms with Crippen LogP contribution in [0.3, 0.4) is 0 Å². The molecule has 1 saturated heterocycles. The van der Waals surface area contributed by atoms with Crippen LogP contribution in [0.4, 0.5) is 0 Å². The van der Waals surface area contributed by atoms with Gasteiger partial charge in [0.25, 0.3) is 11.5 Å². The van der Waals surface area contributed by atoms with E-state index in [1.807, 2.05) is 0 Å². The molecule has 0 aromatic carbocycles. The number of aromatic nitrogens is 3. The molecule has 0 radical (unpaired) electrons. The summed E-state index contributed by atoms with van der Waals surface area (Å²) in [6.07, 6.45) is 5.83. The van der Waals surface area contributed by atoms with Crippen LogP contribution in [0.15, 0.2) is 40.8 Å². The zero-order chi connectivity index (χ0) is 21.4. The first-order valence-electron chi connectivity index (χ1n) is 10.7. The number of thiophene rings is 1. The predicted molar refractivity (Wildman–Crippen MR) is 119 cm³/mol. The molecule has 0 spiro atoms. The molecule has 0 bridgehead atoms. The van der Waals surface area contributed by atoms with Crippen LogP contribution >= 0.6 is 11.3 Å². The molecular formula is C23H25N5O2S. The molecular weight excluding hydrogens is 410 g/mol. The zero-order valence-electron chi connectivity index (χ0n) is 17.5. The lowest BCUT2D eigenvalue weighted by atomic mass is 10.0. The second kappa shape index (κ2) is 8.36. The minimum atomic E-state index is -0.0609. The minimum Gasteiger partial charge on any atom is -0.332 e. The molecule has 0 aliphatic carbocycles. The van der Waals surface area contributed by atoms with Crippen molar-refractivity contribution in [1.29, 1.82) is 0 Å². The summed E-state index contributed by atoms with van der Waals surface area (Å²) in [4.78, 5) is 43.1.